The molecule has 2 aliphatic carbocycles. The third kappa shape index (κ3) is 3.05. The van der Waals surface area contributed by atoms with Gasteiger partial charge in [0.15, 0.2) is 22.8 Å². The zero-order chi connectivity index (χ0) is 20.2. The predicted octanol–water partition coefficient (Wildman–Crippen LogP) is 3.38. The molecular formula is C20H26F2N6O. The van der Waals surface area contributed by atoms with Gasteiger partial charge in [0.1, 0.15) is 6.33 Å². The number of carbonyl (C=O) groups excluding carboxylic acids is 1. The van der Waals surface area contributed by atoms with Crippen LogP contribution < -0.4 is 5.32 Å². The Balaban J connectivity index is 1.30. The number of hydrogen-bond donors (Lipinski definition) is 1. The number of likely N-dealkylation sites (tertiary alicyclic amines) is 1. The maximum absolute atomic E-state index is 13.3. The number of amides is 1. The summed E-state index contributed by atoms with van der Waals surface area (Å²) in [7, 11) is 0. The van der Waals surface area contributed by atoms with Crippen LogP contribution in [0, 0.1) is 11.3 Å². The minimum absolute atomic E-state index is 0.0390. The van der Waals surface area contributed by atoms with Crippen molar-refractivity contribution in [3.8, 4) is 0 Å². The van der Waals surface area contributed by atoms with Crippen LogP contribution in [0.5, 0.6) is 0 Å². The van der Waals surface area contributed by atoms with E-state index >= 15 is 0 Å². The number of anilines is 1. The Hall–Kier alpha value is -2.32. The molecule has 2 unspecified atom stereocenters. The van der Waals surface area contributed by atoms with Crippen molar-refractivity contribution >= 4 is 22.9 Å². The molecule has 29 heavy (non-hydrogen) atoms. The molecule has 1 spiro atoms. The highest BCUT2D eigenvalue weighted by atomic mass is 19.3. The maximum Gasteiger partial charge on any atom is 0.295 e. The average molecular weight is 404 g/mol. The summed E-state index contributed by atoms with van der Waals surface area (Å²) in [5, 5.41) is 3.33. The van der Waals surface area contributed by atoms with Crippen LogP contribution in [-0.4, -0.2) is 49.5 Å². The number of nitrogens with zero attached hydrogens (tertiary/aromatic N) is 5. The summed E-state index contributed by atoms with van der Waals surface area (Å²) >= 11 is 0. The highest BCUT2D eigenvalue weighted by Gasteiger charge is 2.59. The van der Waals surface area contributed by atoms with Crippen LogP contribution in [0.1, 0.15) is 57.7 Å². The molecule has 1 N–H and O–H groups in total. The van der Waals surface area contributed by atoms with Crippen molar-refractivity contribution < 1.29 is 13.6 Å². The van der Waals surface area contributed by atoms with Crippen LogP contribution in [0.25, 0.3) is 11.2 Å². The highest BCUT2D eigenvalue weighted by molar-refractivity contribution is 5.84. The molecule has 1 saturated heterocycles. The Labute approximate surface area is 167 Å². The number of fused-ring (bicyclic) bond motifs is 1. The first-order chi connectivity index (χ1) is 14.0. The number of hydrogen-bond acceptors (Lipinski definition) is 5. The summed E-state index contributed by atoms with van der Waals surface area (Å²) in [6.07, 6.45) is 5.48. The molecule has 2 atom stereocenters. The summed E-state index contributed by atoms with van der Waals surface area (Å²) in [4.78, 5) is 27.4. The van der Waals surface area contributed by atoms with Crippen LogP contribution in [-0.2, 0) is 11.3 Å². The Morgan fingerprint density at radius 3 is 2.86 bits per heavy atom. The largest absolute Gasteiger partial charge is 0.364 e. The molecule has 1 aliphatic heterocycles. The van der Waals surface area contributed by atoms with Gasteiger partial charge in [-0.05, 0) is 38.0 Å². The zero-order valence-corrected chi connectivity index (χ0v) is 16.6. The van der Waals surface area contributed by atoms with Gasteiger partial charge in [0.05, 0.1) is 0 Å². The summed E-state index contributed by atoms with van der Waals surface area (Å²) in [5.41, 5.74) is 1.08. The number of halogens is 2. The van der Waals surface area contributed by atoms with Gasteiger partial charge in [-0.2, -0.15) is 0 Å². The normalized spacial score (nSPS) is 25.4. The first kappa shape index (κ1) is 18.7. The summed E-state index contributed by atoms with van der Waals surface area (Å²) < 4.78 is 28.1. The number of aryl methyl sites for hydroxylation is 1. The third-order valence-corrected chi connectivity index (χ3v) is 7.00. The number of alkyl halides is 2. The van der Waals surface area contributed by atoms with E-state index in [1.54, 1.807) is 6.92 Å². The van der Waals surface area contributed by atoms with E-state index in [0.717, 1.165) is 19.4 Å². The van der Waals surface area contributed by atoms with Gasteiger partial charge in [0.2, 0.25) is 5.91 Å². The number of carbonyl (C=O) groups is 1. The lowest BCUT2D eigenvalue weighted by molar-refractivity contribution is -0.132. The fraction of sp³-hybridized carbons (Fsp3) is 0.700. The molecule has 0 aromatic carbocycles. The lowest BCUT2D eigenvalue weighted by atomic mass is 10.0. The molecule has 3 aliphatic rings. The first-order valence-corrected chi connectivity index (χ1v) is 10.6. The van der Waals surface area contributed by atoms with Crippen LogP contribution in [0.2, 0.25) is 0 Å². The van der Waals surface area contributed by atoms with Crippen molar-refractivity contribution in [2.75, 3.05) is 18.4 Å². The van der Waals surface area contributed by atoms with Crippen molar-refractivity contribution in [3.63, 3.8) is 0 Å². The van der Waals surface area contributed by atoms with Crippen molar-refractivity contribution in [3.05, 3.63) is 12.2 Å². The van der Waals surface area contributed by atoms with Gasteiger partial charge in [-0.15, -0.1) is 0 Å². The minimum atomic E-state index is -2.67. The molecule has 0 radical (unpaired) electrons. The Morgan fingerprint density at radius 2 is 2.14 bits per heavy atom. The number of rotatable bonds is 5. The molecule has 2 aromatic rings. The average Bonchev–Trinajstić information content (AvgIpc) is 3.09. The quantitative estimate of drug-likeness (QED) is 0.827. The summed E-state index contributed by atoms with van der Waals surface area (Å²) in [5.74, 6) is 0.676. The molecule has 9 heteroatoms. The molecule has 1 amide bonds. The molecule has 5 rings (SSSR count). The Kier molecular flexibility index (Phi) is 4.43. The molecule has 156 valence electrons. The maximum atomic E-state index is 13.3. The van der Waals surface area contributed by atoms with Gasteiger partial charge in [0.25, 0.3) is 6.43 Å². The smallest absolute Gasteiger partial charge is 0.295 e. The van der Waals surface area contributed by atoms with Gasteiger partial charge in [-0.25, -0.2) is 23.7 Å². The molecular weight excluding hydrogens is 378 g/mol. The first-order valence-electron chi connectivity index (χ1n) is 10.6. The van der Waals surface area contributed by atoms with E-state index in [9.17, 15) is 13.6 Å². The van der Waals surface area contributed by atoms with Gasteiger partial charge in [0, 0.05) is 31.6 Å². The van der Waals surface area contributed by atoms with Gasteiger partial charge >= 0.3 is 0 Å². The lowest BCUT2D eigenvalue weighted by Crippen LogP contribution is -2.33. The van der Waals surface area contributed by atoms with Gasteiger partial charge in [-0.3, -0.25) is 4.79 Å². The van der Waals surface area contributed by atoms with Crippen LogP contribution in [0.15, 0.2) is 6.33 Å². The second-order valence-electron chi connectivity index (χ2n) is 8.65. The standard InChI is InChI=1S/C20H26F2N6O/c1-2-28-17-14(26-18(28)15(21)22)16(23-11-24-17)25-12-5-8-27(10-12)19(29)13-9-20(13)6-3-4-7-20/h11-13,15H,2-10H2,1H3,(H,23,24,25). The van der Waals surface area contributed by atoms with Gasteiger partial charge in [-0.1, -0.05) is 12.8 Å². The van der Waals surface area contributed by atoms with E-state index in [-0.39, 0.29) is 17.8 Å². The molecule has 3 heterocycles. The van der Waals surface area contributed by atoms with E-state index in [2.05, 4.69) is 20.3 Å². The second-order valence-corrected chi connectivity index (χ2v) is 8.65. The fourth-order valence-electron chi connectivity index (χ4n) is 5.36. The topological polar surface area (TPSA) is 75.9 Å². The van der Waals surface area contributed by atoms with E-state index in [4.69, 9.17) is 0 Å². The molecule has 7 nitrogen and oxygen atoms in total. The van der Waals surface area contributed by atoms with E-state index in [1.165, 1.54) is 36.6 Å². The fourth-order valence-corrected chi connectivity index (χ4v) is 5.36. The monoisotopic (exact) mass is 404 g/mol. The van der Waals surface area contributed by atoms with Crippen LogP contribution in [0.3, 0.4) is 0 Å². The van der Waals surface area contributed by atoms with Crippen molar-refractivity contribution in [2.24, 2.45) is 11.3 Å². The van der Waals surface area contributed by atoms with Gasteiger partial charge < -0.3 is 14.8 Å². The number of nitrogens with one attached hydrogen (secondary N) is 1. The summed E-state index contributed by atoms with van der Waals surface area (Å²) in [6.45, 7) is 3.50. The van der Waals surface area contributed by atoms with Crippen molar-refractivity contribution in [1.29, 1.82) is 0 Å². The van der Waals surface area contributed by atoms with Crippen LogP contribution >= 0.6 is 0 Å². The van der Waals surface area contributed by atoms with Crippen molar-refractivity contribution in [2.45, 2.75) is 64.5 Å². The van der Waals surface area contributed by atoms with Crippen LogP contribution in [0.4, 0.5) is 14.6 Å². The second kappa shape index (κ2) is 6.88. The van der Waals surface area contributed by atoms with Crippen molar-refractivity contribution in [1.82, 2.24) is 24.4 Å². The SMILES string of the molecule is CCn1c(C(F)F)nc2c(NC3CCN(C(=O)C4CC45CCCC5)C3)ncnc21. The Morgan fingerprint density at radius 1 is 1.34 bits per heavy atom. The molecule has 0 bridgehead atoms. The minimum Gasteiger partial charge on any atom is -0.364 e. The summed E-state index contributed by atoms with van der Waals surface area (Å²) in [6, 6.07) is 0.0390. The molecule has 2 saturated carbocycles. The Bertz CT molecular complexity index is 938. The van der Waals surface area contributed by atoms with E-state index in [1.807, 2.05) is 4.90 Å². The number of imidazole rings is 1. The highest BCUT2D eigenvalue weighted by Crippen LogP contribution is 2.63. The third-order valence-electron chi connectivity index (χ3n) is 7.00. The molecule has 3 fully saturated rings. The zero-order valence-electron chi connectivity index (χ0n) is 16.6. The predicted molar refractivity (Wildman–Crippen MR) is 104 cm³/mol. The lowest BCUT2D eigenvalue weighted by Gasteiger charge is -2.19. The molecule has 2 aromatic heterocycles. The van der Waals surface area contributed by atoms with E-state index in [0.29, 0.717) is 41.4 Å². The number of aromatic nitrogens is 4. The van der Waals surface area contributed by atoms with E-state index < -0.39 is 6.43 Å².